The Labute approximate surface area is 220 Å². The molecule has 0 atom stereocenters. The van der Waals surface area contributed by atoms with Crippen LogP contribution in [0.25, 0.3) is 33.3 Å². The van der Waals surface area contributed by atoms with E-state index in [-0.39, 0.29) is 16.8 Å². The second kappa shape index (κ2) is 10.5. The minimum Gasteiger partial charge on any atom is -0.466 e. The first kappa shape index (κ1) is 26.6. The summed E-state index contributed by atoms with van der Waals surface area (Å²) < 4.78 is 5.07. The molecule has 5 nitrogen and oxygen atoms in total. The van der Waals surface area contributed by atoms with E-state index in [0.717, 1.165) is 33.3 Å². The van der Waals surface area contributed by atoms with Gasteiger partial charge in [-0.15, -0.1) is 0 Å². The molecule has 194 valence electrons. The molecule has 0 unspecified atom stereocenters. The highest BCUT2D eigenvalue weighted by Crippen LogP contribution is 2.35. The van der Waals surface area contributed by atoms with Crippen molar-refractivity contribution >= 4 is 17.0 Å². The predicted octanol–water partition coefficient (Wildman–Crippen LogP) is 7.70. The molecule has 3 aromatic carbocycles. The summed E-state index contributed by atoms with van der Waals surface area (Å²) in [6.45, 7) is 16.1. The van der Waals surface area contributed by atoms with E-state index >= 15 is 0 Å². The molecule has 4 aromatic rings. The van der Waals surface area contributed by atoms with Gasteiger partial charge in [-0.05, 0) is 46.4 Å². The molecule has 1 heterocycles. The van der Waals surface area contributed by atoms with Gasteiger partial charge in [-0.3, -0.25) is 4.79 Å². The fraction of sp³-hybridized carbons (Fsp3) is 0.406. The van der Waals surface area contributed by atoms with Crippen molar-refractivity contribution < 1.29 is 9.53 Å². The zero-order valence-electron chi connectivity index (χ0n) is 23.3. The Morgan fingerprint density at radius 1 is 0.730 bits per heavy atom. The largest absolute Gasteiger partial charge is 0.466 e. The lowest BCUT2D eigenvalue weighted by atomic mass is 9.85. The summed E-state index contributed by atoms with van der Waals surface area (Å²) in [5, 5.41) is 9.80. The smallest absolute Gasteiger partial charge is 0.305 e. The fourth-order valence-corrected chi connectivity index (χ4v) is 4.50. The van der Waals surface area contributed by atoms with Crippen LogP contribution in [0, 0.1) is 0 Å². The van der Waals surface area contributed by atoms with E-state index in [1.54, 1.807) is 4.80 Å². The van der Waals surface area contributed by atoms with Gasteiger partial charge in [0.15, 0.2) is 0 Å². The van der Waals surface area contributed by atoms with Crippen LogP contribution in [0.2, 0.25) is 0 Å². The standard InChI is InChI=1S/C32H39N3O2/c1-8-37-28(36)10-9-21-35-33-29-26(22-11-15-24(16-12-22)31(2,3)4)19-20-27(30(29)34-35)23-13-17-25(18-14-23)32(5,6)7/h11-20H,8-10,21H2,1-7H3. The lowest BCUT2D eigenvalue weighted by molar-refractivity contribution is -0.143. The lowest BCUT2D eigenvalue weighted by Gasteiger charge is -2.19. The van der Waals surface area contributed by atoms with Crippen LogP contribution in [0.3, 0.4) is 0 Å². The number of aryl methyl sites for hydroxylation is 1. The van der Waals surface area contributed by atoms with Gasteiger partial charge >= 0.3 is 5.97 Å². The molecule has 5 heteroatoms. The van der Waals surface area contributed by atoms with Crippen LogP contribution in [-0.4, -0.2) is 27.6 Å². The summed E-state index contributed by atoms with van der Waals surface area (Å²) in [6, 6.07) is 21.8. The van der Waals surface area contributed by atoms with E-state index in [1.807, 2.05) is 6.92 Å². The van der Waals surface area contributed by atoms with Crippen LogP contribution in [0.4, 0.5) is 0 Å². The van der Waals surface area contributed by atoms with Crippen LogP contribution in [0.1, 0.15) is 72.4 Å². The molecule has 1 aromatic heterocycles. The first-order valence-electron chi connectivity index (χ1n) is 13.2. The summed E-state index contributed by atoms with van der Waals surface area (Å²) in [5.41, 5.74) is 8.88. The van der Waals surface area contributed by atoms with Crippen LogP contribution < -0.4 is 0 Å². The third-order valence-electron chi connectivity index (χ3n) is 6.75. The molecule has 0 radical (unpaired) electrons. The monoisotopic (exact) mass is 497 g/mol. The van der Waals surface area contributed by atoms with Gasteiger partial charge in [-0.2, -0.15) is 15.0 Å². The summed E-state index contributed by atoms with van der Waals surface area (Å²) in [6.07, 6.45) is 0.985. The molecule has 37 heavy (non-hydrogen) atoms. The lowest BCUT2D eigenvalue weighted by Crippen LogP contribution is -2.10. The summed E-state index contributed by atoms with van der Waals surface area (Å²) >= 11 is 0. The highest BCUT2D eigenvalue weighted by molar-refractivity contribution is 6.00. The van der Waals surface area contributed by atoms with Crippen LogP contribution >= 0.6 is 0 Å². The van der Waals surface area contributed by atoms with Gasteiger partial charge in [0.25, 0.3) is 0 Å². The number of ether oxygens (including phenoxy) is 1. The second-order valence-electron chi connectivity index (χ2n) is 11.7. The van der Waals surface area contributed by atoms with Gasteiger partial charge in [0, 0.05) is 17.5 Å². The molecule has 0 N–H and O–H groups in total. The van der Waals surface area contributed by atoms with Gasteiger partial charge in [-0.25, -0.2) is 0 Å². The normalized spacial score (nSPS) is 12.2. The Morgan fingerprint density at radius 2 is 1.16 bits per heavy atom. The Morgan fingerprint density at radius 3 is 1.54 bits per heavy atom. The number of aromatic nitrogens is 3. The Balaban J connectivity index is 1.75. The number of esters is 1. The van der Waals surface area contributed by atoms with Gasteiger partial charge in [-0.1, -0.05) is 102 Å². The van der Waals surface area contributed by atoms with Crippen LogP contribution in [0.15, 0.2) is 60.7 Å². The van der Waals surface area contributed by atoms with Crippen molar-refractivity contribution in [2.75, 3.05) is 6.61 Å². The fourth-order valence-electron chi connectivity index (χ4n) is 4.50. The summed E-state index contributed by atoms with van der Waals surface area (Å²) in [4.78, 5) is 13.5. The SMILES string of the molecule is CCOC(=O)CCCn1nc2c(-c3ccc(C(C)(C)C)cc3)ccc(-c3ccc(C(C)(C)C)cc3)c2n1. The van der Waals surface area contributed by atoms with Gasteiger partial charge in [0.1, 0.15) is 11.0 Å². The highest BCUT2D eigenvalue weighted by Gasteiger charge is 2.18. The Kier molecular flexibility index (Phi) is 7.54. The molecule has 0 fully saturated rings. The van der Waals surface area contributed by atoms with E-state index < -0.39 is 0 Å². The first-order valence-corrected chi connectivity index (χ1v) is 13.2. The molecule has 0 bridgehead atoms. The topological polar surface area (TPSA) is 57.0 Å². The minimum atomic E-state index is -0.182. The first-order chi connectivity index (χ1) is 17.5. The Bertz CT molecular complexity index is 1270. The maximum absolute atomic E-state index is 11.8. The van der Waals surface area contributed by atoms with Gasteiger partial charge in [0.2, 0.25) is 0 Å². The van der Waals surface area contributed by atoms with Crippen molar-refractivity contribution in [3.63, 3.8) is 0 Å². The molecule has 0 saturated carbocycles. The molecule has 0 aliphatic carbocycles. The molecule has 0 aliphatic heterocycles. The summed E-state index contributed by atoms with van der Waals surface area (Å²) in [7, 11) is 0. The molecule has 0 saturated heterocycles. The number of hydrogen-bond donors (Lipinski definition) is 0. The number of hydrogen-bond acceptors (Lipinski definition) is 4. The minimum absolute atomic E-state index is 0.0962. The number of rotatable bonds is 7. The van der Waals surface area contributed by atoms with Crippen molar-refractivity contribution in [3.05, 3.63) is 71.8 Å². The van der Waals surface area contributed by atoms with E-state index in [4.69, 9.17) is 14.9 Å². The number of benzene rings is 3. The third kappa shape index (κ3) is 6.10. The molecule has 0 amide bonds. The Hall–Kier alpha value is -3.47. The average molecular weight is 498 g/mol. The second-order valence-corrected chi connectivity index (χ2v) is 11.7. The van der Waals surface area contributed by atoms with Crippen molar-refractivity contribution in [2.45, 2.75) is 78.7 Å². The van der Waals surface area contributed by atoms with E-state index in [1.165, 1.54) is 11.1 Å². The number of fused-ring (bicyclic) bond motifs is 1. The molecule has 0 aliphatic rings. The van der Waals surface area contributed by atoms with E-state index in [9.17, 15) is 4.79 Å². The maximum atomic E-state index is 11.8. The van der Waals surface area contributed by atoms with E-state index in [0.29, 0.717) is 26.0 Å². The van der Waals surface area contributed by atoms with Crippen molar-refractivity contribution in [1.82, 2.24) is 15.0 Å². The highest BCUT2D eigenvalue weighted by atomic mass is 16.5. The van der Waals surface area contributed by atoms with Crippen molar-refractivity contribution in [2.24, 2.45) is 0 Å². The number of carbonyl (C=O) groups is 1. The third-order valence-corrected chi connectivity index (χ3v) is 6.75. The quantitative estimate of drug-likeness (QED) is 0.245. The van der Waals surface area contributed by atoms with E-state index in [2.05, 4.69) is 102 Å². The molecule has 4 rings (SSSR count). The average Bonchev–Trinajstić information content (AvgIpc) is 3.27. The number of nitrogens with zero attached hydrogens (tertiary/aromatic N) is 3. The van der Waals surface area contributed by atoms with Crippen molar-refractivity contribution in [1.29, 1.82) is 0 Å². The zero-order chi connectivity index (χ0) is 26.8. The number of carbonyl (C=O) groups excluding carboxylic acids is 1. The molecule has 0 spiro atoms. The van der Waals surface area contributed by atoms with Crippen LogP contribution in [0.5, 0.6) is 0 Å². The van der Waals surface area contributed by atoms with Crippen LogP contribution in [-0.2, 0) is 26.9 Å². The molecular formula is C32H39N3O2. The summed E-state index contributed by atoms with van der Waals surface area (Å²) in [5.74, 6) is -0.182. The zero-order valence-corrected chi connectivity index (χ0v) is 23.3. The molecular weight excluding hydrogens is 458 g/mol. The van der Waals surface area contributed by atoms with Gasteiger partial charge in [0.05, 0.1) is 13.2 Å². The predicted molar refractivity (Wildman–Crippen MR) is 152 cm³/mol. The maximum Gasteiger partial charge on any atom is 0.305 e. The van der Waals surface area contributed by atoms with Crippen molar-refractivity contribution in [3.8, 4) is 22.3 Å². The van der Waals surface area contributed by atoms with Gasteiger partial charge < -0.3 is 4.74 Å².